The summed E-state index contributed by atoms with van der Waals surface area (Å²) in [5.41, 5.74) is 4.89. The number of methoxy groups -OCH3 is 1. The second-order valence-electron chi connectivity index (χ2n) is 6.68. The average molecular weight is 430 g/mol. The number of carbonyl (C=O) groups is 1. The van der Waals surface area contributed by atoms with Crippen molar-refractivity contribution in [1.82, 2.24) is 10.3 Å². The van der Waals surface area contributed by atoms with Crippen LogP contribution in [0.3, 0.4) is 0 Å². The molecule has 6 heteroatoms. The first-order valence-corrected chi connectivity index (χ1v) is 9.87. The molecule has 0 atom stereocenters. The summed E-state index contributed by atoms with van der Waals surface area (Å²) < 4.78 is 6.22. The SMILES string of the molecule is COc1ccc(/C=N/NC(=O)C2CCN(Cc3ccc(Br)cc3)CC2)cc1. The maximum atomic E-state index is 12.3. The highest BCUT2D eigenvalue weighted by Gasteiger charge is 2.24. The number of hydrogen-bond acceptors (Lipinski definition) is 4. The van der Waals surface area contributed by atoms with Crippen LogP contribution in [-0.4, -0.2) is 37.2 Å². The van der Waals surface area contributed by atoms with E-state index in [9.17, 15) is 4.79 Å². The topological polar surface area (TPSA) is 53.9 Å². The Hall–Kier alpha value is -2.18. The quantitative estimate of drug-likeness (QED) is 0.560. The number of rotatable bonds is 6. The molecule has 0 unspecified atom stereocenters. The van der Waals surface area contributed by atoms with Crippen LogP contribution in [0.15, 0.2) is 58.1 Å². The number of benzene rings is 2. The maximum Gasteiger partial charge on any atom is 0.243 e. The van der Waals surface area contributed by atoms with Crippen LogP contribution >= 0.6 is 15.9 Å². The number of ether oxygens (including phenoxy) is 1. The second-order valence-corrected chi connectivity index (χ2v) is 7.60. The standard InChI is InChI=1S/C21H24BrN3O2/c1-27-20-8-4-16(5-9-20)14-23-24-21(26)18-10-12-25(13-11-18)15-17-2-6-19(22)7-3-17/h2-9,14,18H,10-13,15H2,1H3,(H,24,26)/b23-14+. The maximum absolute atomic E-state index is 12.3. The molecule has 0 aromatic heterocycles. The zero-order valence-electron chi connectivity index (χ0n) is 15.4. The van der Waals surface area contributed by atoms with Gasteiger partial charge < -0.3 is 4.74 Å². The van der Waals surface area contributed by atoms with E-state index in [-0.39, 0.29) is 11.8 Å². The lowest BCUT2D eigenvalue weighted by molar-refractivity contribution is -0.126. The Kier molecular flexibility index (Phi) is 7.01. The highest BCUT2D eigenvalue weighted by atomic mass is 79.9. The van der Waals surface area contributed by atoms with Crippen molar-refractivity contribution >= 4 is 28.1 Å². The Morgan fingerprint density at radius 1 is 1.19 bits per heavy atom. The zero-order valence-corrected chi connectivity index (χ0v) is 17.0. The number of piperidine rings is 1. The first-order valence-electron chi connectivity index (χ1n) is 9.08. The van der Waals surface area contributed by atoms with E-state index in [1.807, 2.05) is 24.3 Å². The molecule has 0 radical (unpaired) electrons. The van der Waals surface area contributed by atoms with E-state index in [4.69, 9.17) is 4.74 Å². The fraction of sp³-hybridized carbons (Fsp3) is 0.333. The summed E-state index contributed by atoms with van der Waals surface area (Å²) >= 11 is 3.46. The molecule has 2 aromatic carbocycles. The van der Waals surface area contributed by atoms with Crippen LogP contribution in [0.4, 0.5) is 0 Å². The normalized spacial score (nSPS) is 15.8. The first-order chi connectivity index (χ1) is 13.1. The molecule has 1 N–H and O–H groups in total. The lowest BCUT2D eigenvalue weighted by Gasteiger charge is -2.30. The Morgan fingerprint density at radius 2 is 1.85 bits per heavy atom. The van der Waals surface area contributed by atoms with Gasteiger partial charge in [-0.3, -0.25) is 9.69 Å². The van der Waals surface area contributed by atoms with E-state index in [0.717, 1.165) is 48.3 Å². The van der Waals surface area contributed by atoms with E-state index in [2.05, 4.69) is 55.6 Å². The number of likely N-dealkylation sites (tertiary alicyclic amines) is 1. The van der Waals surface area contributed by atoms with Gasteiger partial charge in [0.05, 0.1) is 13.3 Å². The van der Waals surface area contributed by atoms with E-state index < -0.39 is 0 Å². The van der Waals surface area contributed by atoms with Crippen LogP contribution in [-0.2, 0) is 11.3 Å². The van der Waals surface area contributed by atoms with Gasteiger partial charge in [0, 0.05) is 16.9 Å². The average Bonchev–Trinajstić information content (AvgIpc) is 2.71. The van der Waals surface area contributed by atoms with Gasteiger partial charge in [-0.05, 0) is 73.5 Å². The molecule has 1 aliphatic heterocycles. The molecule has 2 aromatic rings. The number of hydrogen-bond donors (Lipinski definition) is 1. The zero-order chi connectivity index (χ0) is 19.1. The van der Waals surface area contributed by atoms with E-state index in [1.54, 1.807) is 13.3 Å². The van der Waals surface area contributed by atoms with Crippen LogP contribution < -0.4 is 10.2 Å². The smallest absolute Gasteiger partial charge is 0.243 e. The Balaban J connectivity index is 1.42. The predicted molar refractivity (Wildman–Crippen MR) is 111 cm³/mol. The molecule has 5 nitrogen and oxygen atoms in total. The molecular weight excluding hydrogens is 406 g/mol. The highest BCUT2D eigenvalue weighted by Crippen LogP contribution is 2.20. The van der Waals surface area contributed by atoms with Crippen LogP contribution in [0, 0.1) is 5.92 Å². The van der Waals surface area contributed by atoms with Gasteiger partial charge in [0.15, 0.2) is 0 Å². The third kappa shape index (κ3) is 5.91. The number of amides is 1. The molecule has 1 fully saturated rings. The van der Waals surface area contributed by atoms with Crippen molar-refractivity contribution in [2.75, 3.05) is 20.2 Å². The van der Waals surface area contributed by atoms with Gasteiger partial charge in [-0.25, -0.2) is 5.43 Å². The van der Waals surface area contributed by atoms with Gasteiger partial charge in [0.25, 0.3) is 0 Å². The molecule has 0 bridgehead atoms. The number of hydrazone groups is 1. The van der Waals surface area contributed by atoms with Crippen molar-refractivity contribution < 1.29 is 9.53 Å². The summed E-state index contributed by atoms with van der Waals surface area (Å²) in [7, 11) is 1.63. The van der Waals surface area contributed by atoms with Gasteiger partial charge >= 0.3 is 0 Å². The van der Waals surface area contributed by atoms with Crippen molar-refractivity contribution in [3.63, 3.8) is 0 Å². The van der Waals surface area contributed by atoms with Crippen molar-refractivity contribution in [2.24, 2.45) is 11.0 Å². The molecule has 0 aliphatic carbocycles. The lowest BCUT2D eigenvalue weighted by atomic mass is 9.96. The van der Waals surface area contributed by atoms with Crippen LogP contribution in [0.1, 0.15) is 24.0 Å². The summed E-state index contributed by atoms with van der Waals surface area (Å²) in [6.45, 7) is 2.78. The first kappa shape index (κ1) is 19.6. The predicted octanol–water partition coefficient (Wildman–Crippen LogP) is 3.82. The minimum atomic E-state index is 0.00283. The van der Waals surface area contributed by atoms with Gasteiger partial charge in [0.2, 0.25) is 5.91 Å². The van der Waals surface area contributed by atoms with E-state index in [1.165, 1.54) is 5.56 Å². The van der Waals surface area contributed by atoms with Crippen molar-refractivity contribution in [3.05, 3.63) is 64.1 Å². The molecular formula is C21H24BrN3O2. The fourth-order valence-electron chi connectivity index (χ4n) is 3.15. The molecule has 0 spiro atoms. The van der Waals surface area contributed by atoms with Gasteiger partial charge in [-0.15, -0.1) is 0 Å². The molecule has 27 heavy (non-hydrogen) atoms. The van der Waals surface area contributed by atoms with Crippen molar-refractivity contribution in [3.8, 4) is 5.75 Å². The van der Waals surface area contributed by atoms with Crippen molar-refractivity contribution in [2.45, 2.75) is 19.4 Å². The number of carbonyl (C=O) groups excluding carboxylic acids is 1. The van der Waals surface area contributed by atoms with Crippen LogP contribution in [0.5, 0.6) is 5.75 Å². The van der Waals surface area contributed by atoms with Crippen molar-refractivity contribution in [1.29, 1.82) is 0 Å². The van der Waals surface area contributed by atoms with Crippen LogP contribution in [0.2, 0.25) is 0 Å². The fourth-order valence-corrected chi connectivity index (χ4v) is 3.42. The molecule has 142 valence electrons. The summed E-state index contributed by atoms with van der Waals surface area (Å²) in [6.07, 6.45) is 3.38. The minimum absolute atomic E-state index is 0.00283. The molecule has 1 aliphatic rings. The summed E-state index contributed by atoms with van der Waals surface area (Å²) in [5.74, 6) is 0.827. The second kappa shape index (κ2) is 9.67. The summed E-state index contributed by atoms with van der Waals surface area (Å²) in [5, 5.41) is 4.08. The van der Waals surface area contributed by atoms with Gasteiger partial charge in [0.1, 0.15) is 5.75 Å². The number of nitrogens with one attached hydrogen (secondary N) is 1. The molecule has 1 heterocycles. The summed E-state index contributed by atoms with van der Waals surface area (Å²) in [4.78, 5) is 14.7. The molecule has 1 saturated heterocycles. The monoisotopic (exact) mass is 429 g/mol. The van der Waals surface area contributed by atoms with Gasteiger partial charge in [-0.1, -0.05) is 28.1 Å². The Morgan fingerprint density at radius 3 is 2.48 bits per heavy atom. The van der Waals surface area contributed by atoms with E-state index >= 15 is 0 Å². The van der Waals surface area contributed by atoms with Gasteiger partial charge in [-0.2, -0.15) is 5.10 Å². The number of halogens is 1. The van der Waals surface area contributed by atoms with Crippen LogP contribution in [0.25, 0.3) is 0 Å². The third-order valence-corrected chi connectivity index (χ3v) is 5.31. The Bertz CT molecular complexity index is 767. The molecule has 1 amide bonds. The summed E-state index contributed by atoms with van der Waals surface area (Å²) in [6, 6.07) is 15.9. The largest absolute Gasteiger partial charge is 0.497 e. The Labute approximate surface area is 168 Å². The minimum Gasteiger partial charge on any atom is -0.497 e. The third-order valence-electron chi connectivity index (χ3n) is 4.78. The number of nitrogens with zero attached hydrogens (tertiary/aromatic N) is 2. The molecule has 3 rings (SSSR count). The molecule has 0 saturated carbocycles. The van der Waals surface area contributed by atoms with E-state index in [0.29, 0.717) is 0 Å². The lowest BCUT2D eigenvalue weighted by Crippen LogP contribution is -2.39. The highest BCUT2D eigenvalue weighted by molar-refractivity contribution is 9.10.